The highest BCUT2D eigenvalue weighted by Crippen LogP contribution is 2.23. The van der Waals surface area contributed by atoms with E-state index in [1.807, 2.05) is 7.05 Å². The largest absolute Gasteiger partial charge is 0.335 e. The van der Waals surface area contributed by atoms with E-state index < -0.39 is 0 Å². The predicted octanol–water partition coefficient (Wildman–Crippen LogP) is 3.97. The van der Waals surface area contributed by atoms with Crippen molar-refractivity contribution in [2.45, 2.75) is 58.5 Å². The minimum absolute atomic E-state index is 0.0494. The van der Waals surface area contributed by atoms with Gasteiger partial charge in [-0.3, -0.25) is 0 Å². The lowest BCUT2D eigenvalue weighted by molar-refractivity contribution is 0.190. The van der Waals surface area contributed by atoms with Crippen LogP contribution in [0.25, 0.3) is 0 Å². The van der Waals surface area contributed by atoms with E-state index >= 15 is 0 Å². The molecular formula is C18H28N2O. The van der Waals surface area contributed by atoms with Gasteiger partial charge in [0.2, 0.25) is 0 Å². The molecule has 1 aromatic carbocycles. The number of nitrogens with zero attached hydrogens (tertiary/aromatic N) is 1. The van der Waals surface area contributed by atoms with Crippen molar-refractivity contribution in [3.05, 3.63) is 35.4 Å². The summed E-state index contributed by atoms with van der Waals surface area (Å²) in [5, 5.41) is 3.20. The van der Waals surface area contributed by atoms with E-state index in [-0.39, 0.29) is 6.03 Å². The number of carbonyl (C=O) groups excluding carboxylic acids is 1. The highest BCUT2D eigenvalue weighted by atomic mass is 16.2. The van der Waals surface area contributed by atoms with Crippen molar-refractivity contribution in [3.63, 3.8) is 0 Å². The molecule has 1 aromatic rings. The second kappa shape index (κ2) is 7.48. The Morgan fingerprint density at radius 2 is 1.81 bits per heavy atom. The summed E-state index contributed by atoms with van der Waals surface area (Å²) < 4.78 is 0. The van der Waals surface area contributed by atoms with Gasteiger partial charge in [-0.1, -0.05) is 51.0 Å². The lowest BCUT2D eigenvalue weighted by Gasteiger charge is -2.31. The van der Waals surface area contributed by atoms with Crippen LogP contribution in [0.1, 0.15) is 50.7 Å². The standard InChI is InChI=1S/C18H28N2O/c1-4-15-9-11-16(12-10-15)13-20(3)18(21)19-17-8-6-5-7-14(17)2/h9-12,14,17H,4-8,13H2,1-3H3,(H,19,21). The van der Waals surface area contributed by atoms with Crippen LogP contribution < -0.4 is 5.32 Å². The van der Waals surface area contributed by atoms with Crippen LogP contribution in [0.4, 0.5) is 4.79 Å². The molecule has 0 radical (unpaired) electrons. The Labute approximate surface area is 128 Å². The average Bonchev–Trinajstić information content (AvgIpc) is 2.50. The molecule has 1 aliphatic rings. The van der Waals surface area contributed by atoms with Gasteiger partial charge in [0.05, 0.1) is 0 Å². The quantitative estimate of drug-likeness (QED) is 0.893. The van der Waals surface area contributed by atoms with E-state index in [1.54, 1.807) is 4.90 Å². The highest BCUT2D eigenvalue weighted by molar-refractivity contribution is 5.74. The van der Waals surface area contributed by atoms with Gasteiger partial charge in [0.25, 0.3) is 0 Å². The van der Waals surface area contributed by atoms with Crippen LogP contribution in [-0.4, -0.2) is 24.0 Å². The highest BCUT2D eigenvalue weighted by Gasteiger charge is 2.23. The molecule has 0 bridgehead atoms. The van der Waals surface area contributed by atoms with Gasteiger partial charge >= 0.3 is 6.03 Å². The van der Waals surface area contributed by atoms with Crippen molar-refractivity contribution in [1.82, 2.24) is 10.2 Å². The predicted molar refractivity (Wildman–Crippen MR) is 87.2 cm³/mol. The number of benzene rings is 1. The summed E-state index contributed by atoms with van der Waals surface area (Å²) in [6, 6.07) is 8.91. The maximum absolute atomic E-state index is 12.3. The van der Waals surface area contributed by atoms with Crippen molar-refractivity contribution in [2.75, 3.05) is 7.05 Å². The first-order valence-electron chi connectivity index (χ1n) is 8.19. The van der Waals surface area contributed by atoms with Crippen LogP contribution in [0.2, 0.25) is 0 Å². The molecule has 1 aliphatic carbocycles. The molecule has 0 spiro atoms. The second-order valence-corrected chi connectivity index (χ2v) is 6.34. The molecule has 1 saturated carbocycles. The Balaban J connectivity index is 1.86. The number of urea groups is 1. The van der Waals surface area contributed by atoms with E-state index in [9.17, 15) is 4.79 Å². The number of hydrogen-bond donors (Lipinski definition) is 1. The minimum atomic E-state index is 0.0494. The zero-order chi connectivity index (χ0) is 15.2. The molecule has 0 saturated heterocycles. The maximum atomic E-state index is 12.3. The molecule has 21 heavy (non-hydrogen) atoms. The van der Waals surface area contributed by atoms with Crippen LogP contribution >= 0.6 is 0 Å². The molecule has 116 valence electrons. The first-order valence-corrected chi connectivity index (χ1v) is 8.19. The Kier molecular flexibility index (Phi) is 5.66. The van der Waals surface area contributed by atoms with E-state index in [4.69, 9.17) is 0 Å². The molecule has 3 heteroatoms. The summed E-state index contributed by atoms with van der Waals surface area (Å²) in [7, 11) is 1.87. The molecule has 0 heterocycles. The van der Waals surface area contributed by atoms with Gasteiger partial charge in [-0.25, -0.2) is 4.79 Å². The fraction of sp³-hybridized carbons (Fsp3) is 0.611. The summed E-state index contributed by atoms with van der Waals surface area (Å²) in [4.78, 5) is 14.1. The summed E-state index contributed by atoms with van der Waals surface area (Å²) in [6.07, 6.45) is 5.93. The molecule has 2 rings (SSSR count). The molecule has 1 fully saturated rings. The third kappa shape index (κ3) is 4.48. The molecule has 0 aliphatic heterocycles. The van der Waals surface area contributed by atoms with E-state index in [2.05, 4.69) is 43.4 Å². The lowest BCUT2D eigenvalue weighted by Crippen LogP contribution is -2.46. The lowest BCUT2D eigenvalue weighted by atomic mass is 9.86. The number of aryl methyl sites for hydroxylation is 1. The van der Waals surface area contributed by atoms with Gasteiger partial charge in [0, 0.05) is 19.6 Å². The molecule has 2 unspecified atom stereocenters. The summed E-state index contributed by atoms with van der Waals surface area (Å²) in [6.45, 7) is 5.06. The van der Waals surface area contributed by atoms with E-state index in [1.165, 1.54) is 30.4 Å². The third-order valence-corrected chi connectivity index (χ3v) is 4.62. The van der Waals surface area contributed by atoms with Crippen LogP contribution in [-0.2, 0) is 13.0 Å². The van der Waals surface area contributed by atoms with E-state index in [0.29, 0.717) is 18.5 Å². The van der Waals surface area contributed by atoms with E-state index in [0.717, 1.165) is 12.8 Å². The SMILES string of the molecule is CCc1ccc(CN(C)C(=O)NC2CCCCC2C)cc1. The first kappa shape index (κ1) is 15.9. The van der Waals surface area contributed by atoms with Crippen molar-refractivity contribution in [1.29, 1.82) is 0 Å². The molecule has 2 amide bonds. The zero-order valence-electron chi connectivity index (χ0n) is 13.6. The topological polar surface area (TPSA) is 32.3 Å². The number of rotatable bonds is 4. The number of carbonyl (C=O) groups is 1. The summed E-state index contributed by atoms with van der Waals surface area (Å²) >= 11 is 0. The summed E-state index contributed by atoms with van der Waals surface area (Å²) in [5.41, 5.74) is 2.52. The van der Waals surface area contributed by atoms with Crippen LogP contribution in [0.5, 0.6) is 0 Å². The molecule has 0 aromatic heterocycles. The summed E-state index contributed by atoms with van der Waals surface area (Å²) in [5.74, 6) is 0.597. The van der Waals surface area contributed by atoms with Gasteiger partial charge in [-0.2, -0.15) is 0 Å². The average molecular weight is 288 g/mol. The molecule has 1 N–H and O–H groups in total. The van der Waals surface area contributed by atoms with Crippen LogP contribution in [0.3, 0.4) is 0 Å². The fourth-order valence-corrected chi connectivity index (χ4v) is 3.03. The zero-order valence-corrected chi connectivity index (χ0v) is 13.6. The minimum Gasteiger partial charge on any atom is -0.335 e. The van der Waals surface area contributed by atoms with Gasteiger partial charge in [0.15, 0.2) is 0 Å². The monoisotopic (exact) mass is 288 g/mol. The Hall–Kier alpha value is -1.51. The van der Waals surface area contributed by atoms with Crippen molar-refractivity contribution in [2.24, 2.45) is 5.92 Å². The number of hydrogen-bond acceptors (Lipinski definition) is 1. The van der Waals surface area contributed by atoms with Crippen LogP contribution in [0, 0.1) is 5.92 Å². The molecule has 2 atom stereocenters. The van der Waals surface area contributed by atoms with Crippen LogP contribution in [0.15, 0.2) is 24.3 Å². The normalized spacial score (nSPS) is 21.9. The Bertz CT molecular complexity index is 455. The third-order valence-electron chi connectivity index (χ3n) is 4.62. The van der Waals surface area contributed by atoms with Crippen molar-refractivity contribution < 1.29 is 4.79 Å². The smallest absolute Gasteiger partial charge is 0.317 e. The van der Waals surface area contributed by atoms with Crippen molar-refractivity contribution >= 4 is 6.03 Å². The fourth-order valence-electron chi connectivity index (χ4n) is 3.03. The second-order valence-electron chi connectivity index (χ2n) is 6.34. The molecular weight excluding hydrogens is 260 g/mol. The Morgan fingerprint density at radius 1 is 1.19 bits per heavy atom. The van der Waals surface area contributed by atoms with Gasteiger partial charge in [-0.15, -0.1) is 0 Å². The van der Waals surface area contributed by atoms with Gasteiger partial charge in [0.1, 0.15) is 0 Å². The maximum Gasteiger partial charge on any atom is 0.317 e. The van der Waals surface area contributed by atoms with Gasteiger partial charge < -0.3 is 10.2 Å². The number of amides is 2. The Morgan fingerprint density at radius 3 is 2.43 bits per heavy atom. The van der Waals surface area contributed by atoms with Crippen molar-refractivity contribution in [3.8, 4) is 0 Å². The first-order chi connectivity index (χ1) is 10.1. The molecule has 3 nitrogen and oxygen atoms in total. The van der Waals surface area contributed by atoms with Gasteiger partial charge in [-0.05, 0) is 36.3 Å². The number of nitrogens with one attached hydrogen (secondary N) is 1.